The minimum absolute atomic E-state index is 0.264. The van der Waals surface area contributed by atoms with Crippen LogP contribution in [0.1, 0.15) is 32.1 Å². The van der Waals surface area contributed by atoms with Crippen molar-refractivity contribution in [3.8, 4) is 0 Å². The highest BCUT2D eigenvalue weighted by atomic mass is 32.2. The van der Waals surface area contributed by atoms with Crippen molar-refractivity contribution in [3.05, 3.63) is 0 Å². The normalized spacial score (nSPS) is 32.0. The average molecular weight is 305 g/mol. The molecule has 6 nitrogen and oxygen atoms in total. The molecule has 3 N–H and O–H groups in total. The molecule has 0 aromatic rings. The van der Waals surface area contributed by atoms with E-state index in [1.807, 2.05) is 0 Å². The summed E-state index contributed by atoms with van der Waals surface area (Å²) in [6.07, 6.45) is 6.52. The second-order valence-electron chi connectivity index (χ2n) is 6.10. The van der Waals surface area contributed by atoms with Crippen LogP contribution in [0.3, 0.4) is 0 Å². The van der Waals surface area contributed by atoms with Crippen LogP contribution in [0, 0.1) is 0 Å². The Morgan fingerprint density at radius 3 is 2.75 bits per heavy atom. The van der Waals surface area contributed by atoms with Crippen molar-refractivity contribution in [1.29, 1.82) is 0 Å². The van der Waals surface area contributed by atoms with E-state index >= 15 is 0 Å². The molecule has 2 atom stereocenters. The molecule has 2 fully saturated rings. The molecule has 0 aliphatic carbocycles. The molecule has 2 rings (SSSR count). The lowest BCUT2D eigenvalue weighted by molar-refractivity contribution is -0.0916. The first-order valence-corrected chi connectivity index (χ1v) is 9.42. The van der Waals surface area contributed by atoms with Crippen molar-refractivity contribution in [2.75, 3.05) is 39.0 Å². The maximum Gasteiger partial charge on any atom is 0.208 e. The van der Waals surface area contributed by atoms with Gasteiger partial charge in [0.15, 0.2) is 0 Å². The maximum atomic E-state index is 11.0. The van der Waals surface area contributed by atoms with Crippen LogP contribution in [0.25, 0.3) is 0 Å². The number of nitrogens with zero attached hydrogens (tertiary/aromatic N) is 1. The van der Waals surface area contributed by atoms with Gasteiger partial charge in [0, 0.05) is 25.7 Å². The molecule has 20 heavy (non-hydrogen) atoms. The molecule has 118 valence electrons. The first kappa shape index (κ1) is 16.2. The van der Waals surface area contributed by atoms with E-state index in [9.17, 15) is 13.5 Å². The van der Waals surface area contributed by atoms with E-state index in [2.05, 4.69) is 14.9 Å². The lowest BCUT2D eigenvalue weighted by atomic mass is 9.79. The summed E-state index contributed by atoms with van der Waals surface area (Å²) in [5, 5.41) is 14.1. The largest absolute Gasteiger partial charge is 0.387 e. The van der Waals surface area contributed by atoms with Crippen LogP contribution in [0.5, 0.6) is 0 Å². The number of nitrogens with one attached hydrogen (secondary N) is 2. The van der Waals surface area contributed by atoms with Gasteiger partial charge >= 0.3 is 0 Å². The van der Waals surface area contributed by atoms with Gasteiger partial charge in [-0.1, -0.05) is 6.42 Å². The second-order valence-corrected chi connectivity index (χ2v) is 7.93. The molecule has 0 amide bonds. The number of hydrogen-bond acceptors (Lipinski definition) is 5. The van der Waals surface area contributed by atoms with Gasteiger partial charge in [0.25, 0.3) is 0 Å². The number of piperidine rings is 2. The fourth-order valence-electron chi connectivity index (χ4n) is 3.46. The third-order valence-corrected chi connectivity index (χ3v) is 5.11. The van der Waals surface area contributed by atoms with Crippen LogP contribution in [0.4, 0.5) is 0 Å². The molecule has 0 bridgehead atoms. The van der Waals surface area contributed by atoms with Gasteiger partial charge in [-0.25, -0.2) is 13.1 Å². The van der Waals surface area contributed by atoms with Gasteiger partial charge in [0.1, 0.15) is 0 Å². The standard InChI is InChI=1S/C13H27N3O3S/c1-20(18,19)15-8-7-14-11-13(17)6-4-10-16-9-3-2-5-12(13)16/h12,14-15,17H,2-11H2,1H3/t12-,13-/m1/s1. The molecule has 7 heteroatoms. The summed E-state index contributed by atoms with van der Waals surface area (Å²) in [6.45, 7) is 3.65. The number of sulfonamides is 1. The van der Waals surface area contributed by atoms with Crippen molar-refractivity contribution in [3.63, 3.8) is 0 Å². The molecule has 0 spiro atoms. The minimum atomic E-state index is -3.12. The smallest absolute Gasteiger partial charge is 0.208 e. The first-order chi connectivity index (χ1) is 9.41. The van der Waals surface area contributed by atoms with Gasteiger partial charge < -0.3 is 10.4 Å². The van der Waals surface area contributed by atoms with Crippen molar-refractivity contribution in [1.82, 2.24) is 14.9 Å². The molecule has 2 heterocycles. The van der Waals surface area contributed by atoms with E-state index in [4.69, 9.17) is 0 Å². The third kappa shape index (κ3) is 4.39. The molecule has 0 aromatic heterocycles. The fraction of sp³-hybridized carbons (Fsp3) is 1.00. The van der Waals surface area contributed by atoms with Gasteiger partial charge in [-0.3, -0.25) is 4.90 Å². The zero-order valence-electron chi connectivity index (χ0n) is 12.3. The maximum absolute atomic E-state index is 11.0. The van der Waals surface area contributed by atoms with Crippen molar-refractivity contribution < 1.29 is 13.5 Å². The molecule has 0 aromatic carbocycles. The Labute approximate surface area is 122 Å². The van der Waals surface area contributed by atoms with Gasteiger partial charge in [-0.2, -0.15) is 0 Å². The Bertz CT molecular complexity index is 413. The lowest BCUT2D eigenvalue weighted by Gasteiger charge is -2.49. The van der Waals surface area contributed by atoms with Crippen molar-refractivity contribution >= 4 is 10.0 Å². The third-order valence-electron chi connectivity index (χ3n) is 4.39. The molecule has 2 aliphatic heterocycles. The fourth-order valence-corrected chi connectivity index (χ4v) is 3.93. The summed E-state index contributed by atoms with van der Waals surface area (Å²) in [4.78, 5) is 2.42. The molecular weight excluding hydrogens is 278 g/mol. The predicted molar refractivity (Wildman–Crippen MR) is 79.1 cm³/mol. The summed E-state index contributed by atoms with van der Waals surface area (Å²) in [5.41, 5.74) is -0.663. The summed E-state index contributed by atoms with van der Waals surface area (Å²) in [5.74, 6) is 0. The van der Waals surface area contributed by atoms with Gasteiger partial charge in [-0.05, 0) is 38.8 Å². The average Bonchev–Trinajstić information content (AvgIpc) is 2.38. The lowest BCUT2D eigenvalue weighted by Crippen LogP contribution is -2.62. The van der Waals surface area contributed by atoms with Crippen LogP contribution in [-0.4, -0.2) is 69.0 Å². The van der Waals surface area contributed by atoms with Crippen LogP contribution >= 0.6 is 0 Å². The zero-order chi connectivity index (χ0) is 14.6. The van der Waals surface area contributed by atoms with E-state index in [1.54, 1.807) is 0 Å². The van der Waals surface area contributed by atoms with E-state index < -0.39 is 15.6 Å². The number of aliphatic hydroxyl groups is 1. The Balaban J connectivity index is 1.78. The van der Waals surface area contributed by atoms with E-state index in [0.717, 1.165) is 38.6 Å². The number of fused-ring (bicyclic) bond motifs is 1. The predicted octanol–water partition coefficient (Wildman–Crippen LogP) is -0.495. The summed E-state index contributed by atoms with van der Waals surface area (Å²) in [6, 6.07) is 0.264. The van der Waals surface area contributed by atoms with Gasteiger partial charge in [-0.15, -0.1) is 0 Å². The Kier molecular flexibility index (Phi) is 5.42. The quantitative estimate of drug-likeness (QED) is 0.577. The summed E-state index contributed by atoms with van der Waals surface area (Å²) in [7, 11) is -3.12. The summed E-state index contributed by atoms with van der Waals surface area (Å²) >= 11 is 0. The Morgan fingerprint density at radius 2 is 2.00 bits per heavy atom. The second kappa shape index (κ2) is 6.70. The van der Waals surface area contributed by atoms with Gasteiger partial charge in [0.2, 0.25) is 10.0 Å². The zero-order valence-corrected chi connectivity index (χ0v) is 13.1. The van der Waals surface area contributed by atoms with Gasteiger partial charge in [0.05, 0.1) is 11.9 Å². The van der Waals surface area contributed by atoms with Crippen LogP contribution in [0.2, 0.25) is 0 Å². The highest BCUT2D eigenvalue weighted by Gasteiger charge is 2.43. The molecule has 2 aliphatic rings. The molecule has 2 saturated heterocycles. The Morgan fingerprint density at radius 1 is 1.25 bits per heavy atom. The Hall–Kier alpha value is -0.210. The summed E-state index contributed by atoms with van der Waals surface area (Å²) < 4.78 is 24.4. The minimum Gasteiger partial charge on any atom is -0.387 e. The monoisotopic (exact) mass is 305 g/mol. The number of rotatable bonds is 6. The van der Waals surface area contributed by atoms with Crippen LogP contribution in [-0.2, 0) is 10.0 Å². The topological polar surface area (TPSA) is 81.7 Å². The number of hydrogen-bond donors (Lipinski definition) is 3. The van der Waals surface area contributed by atoms with Crippen molar-refractivity contribution in [2.24, 2.45) is 0 Å². The van der Waals surface area contributed by atoms with E-state index in [0.29, 0.717) is 19.6 Å². The SMILES string of the molecule is CS(=O)(=O)NCCNC[C@]1(O)CCCN2CCCC[C@@H]21. The van der Waals surface area contributed by atoms with Crippen LogP contribution in [0.15, 0.2) is 0 Å². The van der Waals surface area contributed by atoms with Crippen LogP contribution < -0.4 is 10.0 Å². The molecule has 0 radical (unpaired) electrons. The van der Waals surface area contributed by atoms with E-state index in [-0.39, 0.29) is 6.04 Å². The molecular formula is C13H27N3O3S. The highest BCUT2D eigenvalue weighted by molar-refractivity contribution is 7.88. The highest BCUT2D eigenvalue weighted by Crippen LogP contribution is 2.33. The van der Waals surface area contributed by atoms with Crippen molar-refractivity contribution in [2.45, 2.75) is 43.7 Å². The van der Waals surface area contributed by atoms with E-state index in [1.165, 1.54) is 12.8 Å². The molecule has 0 unspecified atom stereocenters. The molecule has 0 saturated carbocycles. The first-order valence-electron chi connectivity index (χ1n) is 7.52.